The fourth-order valence-electron chi connectivity index (χ4n) is 6.89. The second-order valence-corrected chi connectivity index (χ2v) is 13.8. The zero-order valence-electron chi connectivity index (χ0n) is 27.4. The third-order valence-corrected chi connectivity index (χ3v) is 10.7. The van der Waals surface area contributed by atoms with Crippen LogP contribution in [0.15, 0.2) is 170 Å². The van der Waals surface area contributed by atoms with E-state index >= 15 is 0 Å². The molecule has 10 rings (SSSR count). The smallest absolute Gasteiger partial charge is 0.164 e. The molecule has 0 radical (unpaired) electrons. The number of hydrogen-bond donors (Lipinski definition) is 0. The highest BCUT2D eigenvalue weighted by Crippen LogP contribution is 2.37. The van der Waals surface area contributed by atoms with Gasteiger partial charge in [-0.3, -0.25) is 4.98 Å². The maximum Gasteiger partial charge on any atom is 0.164 e. The van der Waals surface area contributed by atoms with Gasteiger partial charge in [-0.05, 0) is 69.9 Å². The Morgan fingerprint density at radius 2 is 0.922 bits per heavy atom. The van der Waals surface area contributed by atoms with Crippen LogP contribution in [0, 0.1) is 0 Å². The van der Waals surface area contributed by atoms with Crippen LogP contribution >= 0.6 is 11.3 Å². The molecule has 0 unspecified atom stereocenters. The molecule has 4 nitrogen and oxygen atoms in total. The third-order valence-electron chi connectivity index (χ3n) is 9.52. The first-order valence-electron chi connectivity index (χ1n) is 16.9. The van der Waals surface area contributed by atoms with Gasteiger partial charge in [0.15, 0.2) is 17.5 Å². The molecule has 0 saturated carbocycles. The van der Waals surface area contributed by atoms with Crippen LogP contribution in [-0.4, -0.2) is 19.9 Å². The van der Waals surface area contributed by atoms with Crippen molar-refractivity contribution in [1.82, 2.24) is 19.9 Å². The highest BCUT2D eigenvalue weighted by molar-refractivity contribution is 7.25. The standard InChI is InChI=1S/C46H28N4S/c1-2-9-29(10-3-1)31-12-8-13-34(23-31)44-48-45(50-46(49-44)36-21-22-40-39-14-5-7-16-42(39)51-43(40)27-36)35-20-18-30-17-19-32(24-37(30)26-35)38-25-33-11-4-6-15-41(33)47-28-38/h1-28H. The van der Waals surface area contributed by atoms with Crippen molar-refractivity contribution in [3.8, 4) is 56.4 Å². The first-order chi connectivity index (χ1) is 25.2. The van der Waals surface area contributed by atoms with Gasteiger partial charge in [-0.1, -0.05) is 121 Å². The normalized spacial score (nSPS) is 11.5. The van der Waals surface area contributed by atoms with Crippen molar-refractivity contribution in [2.45, 2.75) is 0 Å². The van der Waals surface area contributed by atoms with Crippen molar-refractivity contribution < 1.29 is 0 Å². The Balaban J connectivity index is 1.12. The molecule has 0 aliphatic heterocycles. The molecular weight excluding hydrogens is 641 g/mol. The summed E-state index contributed by atoms with van der Waals surface area (Å²) in [5.74, 6) is 1.92. The van der Waals surface area contributed by atoms with Crippen molar-refractivity contribution in [3.05, 3.63) is 170 Å². The molecule has 0 spiro atoms. The van der Waals surface area contributed by atoms with Crippen molar-refractivity contribution in [2.24, 2.45) is 0 Å². The maximum atomic E-state index is 5.13. The summed E-state index contributed by atoms with van der Waals surface area (Å²) in [6, 6.07) is 57.4. The van der Waals surface area contributed by atoms with Crippen LogP contribution in [0.25, 0.3) is 98.3 Å². The molecule has 0 bridgehead atoms. The molecule has 238 valence electrons. The molecule has 0 saturated heterocycles. The Labute approximate surface area is 298 Å². The van der Waals surface area contributed by atoms with E-state index in [1.165, 1.54) is 20.2 Å². The number of benzene rings is 7. The van der Waals surface area contributed by atoms with Crippen LogP contribution in [0.4, 0.5) is 0 Å². The molecule has 0 aliphatic carbocycles. The van der Waals surface area contributed by atoms with Crippen LogP contribution in [0.5, 0.6) is 0 Å². The van der Waals surface area contributed by atoms with E-state index in [9.17, 15) is 0 Å². The van der Waals surface area contributed by atoms with E-state index in [0.29, 0.717) is 17.5 Å². The topological polar surface area (TPSA) is 51.6 Å². The van der Waals surface area contributed by atoms with Gasteiger partial charge in [0.2, 0.25) is 0 Å². The van der Waals surface area contributed by atoms with E-state index < -0.39 is 0 Å². The minimum Gasteiger partial charge on any atom is -0.256 e. The van der Waals surface area contributed by atoms with Crippen LogP contribution < -0.4 is 0 Å². The predicted octanol–water partition coefficient (Wildman–Crippen LogP) is 12.3. The fourth-order valence-corrected chi connectivity index (χ4v) is 8.04. The molecule has 3 heterocycles. The summed E-state index contributed by atoms with van der Waals surface area (Å²) >= 11 is 1.80. The molecule has 51 heavy (non-hydrogen) atoms. The van der Waals surface area contributed by atoms with Crippen LogP contribution in [0.2, 0.25) is 0 Å². The average Bonchev–Trinajstić information content (AvgIpc) is 3.58. The van der Waals surface area contributed by atoms with Crippen LogP contribution in [0.1, 0.15) is 0 Å². The fraction of sp³-hybridized carbons (Fsp3) is 0. The van der Waals surface area contributed by atoms with Crippen molar-refractivity contribution >= 4 is 53.2 Å². The molecule has 3 aromatic heterocycles. The molecule has 0 amide bonds. The van der Waals surface area contributed by atoms with Gasteiger partial charge in [-0.2, -0.15) is 0 Å². The van der Waals surface area contributed by atoms with Gasteiger partial charge in [0.05, 0.1) is 5.52 Å². The van der Waals surface area contributed by atoms with Crippen molar-refractivity contribution in [1.29, 1.82) is 0 Å². The minimum absolute atomic E-state index is 0.635. The quantitative estimate of drug-likeness (QED) is 0.183. The number of fused-ring (bicyclic) bond motifs is 5. The summed E-state index contributed by atoms with van der Waals surface area (Å²) in [6.45, 7) is 0. The summed E-state index contributed by atoms with van der Waals surface area (Å²) in [5.41, 5.74) is 8.29. The lowest BCUT2D eigenvalue weighted by molar-refractivity contribution is 1.08. The number of rotatable bonds is 5. The van der Waals surface area contributed by atoms with Gasteiger partial charge in [0.1, 0.15) is 0 Å². The van der Waals surface area contributed by atoms with Crippen LogP contribution in [-0.2, 0) is 0 Å². The maximum absolute atomic E-state index is 5.13. The minimum atomic E-state index is 0.635. The van der Waals surface area contributed by atoms with Crippen LogP contribution in [0.3, 0.4) is 0 Å². The summed E-state index contributed by atoms with van der Waals surface area (Å²) < 4.78 is 2.49. The van der Waals surface area contributed by atoms with Crippen molar-refractivity contribution in [2.75, 3.05) is 0 Å². The van der Waals surface area contributed by atoms with Gasteiger partial charge in [0.25, 0.3) is 0 Å². The monoisotopic (exact) mass is 668 g/mol. The molecule has 5 heteroatoms. The van der Waals surface area contributed by atoms with E-state index in [2.05, 4.69) is 146 Å². The van der Waals surface area contributed by atoms with E-state index in [1.54, 1.807) is 11.3 Å². The molecule has 10 aromatic rings. The lowest BCUT2D eigenvalue weighted by Gasteiger charge is -2.11. The van der Waals surface area contributed by atoms with Gasteiger partial charge in [0, 0.05) is 54.0 Å². The lowest BCUT2D eigenvalue weighted by Crippen LogP contribution is -2.00. The molecule has 0 fully saturated rings. The number of aromatic nitrogens is 4. The molecular formula is C46H28N4S. The highest BCUT2D eigenvalue weighted by atomic mass is 32.1. The number of pyridine rings is 1. The van der Waals surface area contributed by atoms with E-state index in [0.717, 1.165) is 60.6 Å². The SMILES string of the molecule is c1ccc(-c2cccc(-c3nc(-c4ccc5ccc(-c6cnc7ccccc7c6)cc5c4)nc(-c4ccc5c(c4)sc4ccccc45)n3)c2)cc1. The van der Waals surface area contributed by atoms with E-state index in [4.69, 9.17) is 19.9 Å². The van der Waals surface area contributed by atoms with Gasteiger partial charge in [-0.15, -0.1) is 11.3 Å². The Bertz CT molecular complexity index is 2930. The zero-order chi connectivity index (χ0) is 33.7. The Morgan fingerprint density at radius 3 is 1.78 bits per heavy atom. The second kappa shape index (κ2) is 12.1. The zero-order valence-corrected chi connectivity index (χ0v) is 28.2. The molecule has 0 N–H and O–H groups in total. The summed E-state index contributed by atoms with van der Waals surface area (Å²) in [4.78, 5) is 20.1. The van der Waals surface area contributed by atoms with Gasteiger partial charge < -0.3 is 0 Å². The summed E-state index contributed by atoms with van der Waals surface area (Å²) in [7, 11) is 0. The summed E-state index contributed by atoms with van der Waals surface area (Å²) in [5, 5.41) is 5.90. The predicted molar refractivity (Wildman–Crippen MR) is 213 cm³/mol. The third kappa shape index (κ3) is 5.41. The number of hydrogen-bond acceptors (Lipinski definition) is 5. The molecule has 0 aliphatic rings. The van der Waals surface area contributed by atoms with Crippen molar-refractivity contribution in [3.63, 3.8) is 0 Å². The molecule has 7 aromatic carbocycles. The molecule has 0 atom stereocenters. The number of para-hydroxylation sites is 1. The highest BCUT2D eigenvalue weighted by Gasteiger charge is 2.15. The Morgan fingerprint density at radius 1 is 0.333 bits per heavy atom. The van der Waals surface area contributed by atoms with Gasteiger partial charge >= 0.3 is 0 Å². The van der Waals surface area contributed by atoms with Gasteiger partial charge in [-0.25, -0.2) is 15.0 Å². The largest absolute Gasteiger partial charge is 0.256 e. The summed E-state index contributed by atoms with van der Waals surface area (Å²) in [6.07, 6.45) is 1.95. The Hall–Kier alpha value is -6.56. The number of nitrogens with zero attached hydrogens (tertiary/aromatic N) is 4. The Kier molecular flexibility index (Phi) is 6.96. The first-order valence-corrected chi connectivity index (χ1v) is 17.8. The van der Waals surface area contributed by atoms with E-state index in [-0.39, 0.29) is 0 Å². The first kappa shape index (κ1) is 29.4. The van der Waals surface area contributed by atoms with E-state index in [1.807, 2.05) is 24.4 Å². The average molecular weight is 669 g/mol. The number of thiophene rings is 1. The second-order valence-electron chi connectivity index (χ2n) is 12.8. The lowest BCUT2D eigenvalue weighted by atomic mass is 9.99.